The molecule has 0 aliphatic carbocycles. The molecule has 2 aromatic carbocycles. The first-order valence-corrected chi connectivity index (χ1v) is 8.49. The zero-order valence-electron chi connectivity index (χ0n) is 13.7. The first kappa shape index (κ1) is 14.9. The van der Waals surface area contributed by atoms with Gasteiger partial charge in [0.25, 0.3) is 5.91 Å². The van der Waals surface area contributed by atoms with Crippen LogP contribution in [0.4, 0.5) is 0 Å². The third-order valence-electron chi connectivity index (χ3n) is 4.71. The molecule has 0 spiro atoms. The van der Waals surface area contributed by atoms with Crippen molar-refractivity contribution in [2.45, 2.75) is 32.2 Å². The Labute approximate surface area is 141 Å². The first-order chi connectivity index (χ1) is 11.7. The standard InChI is InChI=1S/C20H20N2O2/c1-14-7-4-5-12-22(14)20(23)16-9-6-8-15(13-16)19-21-17-10-2-3-11-18(17)24-19/h2-3,6,8-11,13-14H,4-5,7,12H2,1H3/t14-/m1/s1. The van der Waals surface area contributed by atoms with Gasteiger partial charge < -0.3 is 9.32 Å². The van der Waals surface area contributed by atoms with Crippen LogP contribution in [0.25, 0.3) is 22.6 Å². The molecule has 1 aliphatic heterocycles. The number of carbonyl (C=O) groups is 1. The molecule has 3 aromatic rings. The fourth-order valence-corrected chi connectivity index (χ4v) is 3.35. The molecule has 122 valence electrons. The van der Waals surface area contributed by atoms with E-state index in [9.17, 15) is 4.79 Å². The molecule has 1 amide bonds. The number of fused-ring (bicyclic) bond motifs is 1. The quantitative estimate of drug-likeness (QED) is 0.698. The Morgan fingerprint density at radius 3 is 2.88 bits per heavy atom. The summed E-state index contributed by atoms with van der Waals surface area (Å²) < 4.78 is 5.82. The predicted molar refractivity (Wildman–Crippen MR) is 93.8 cm³/mol. The molecule has 1 saturated heterocycles. The minimum Gasteiger partial charge on any atom is -0.436 e. The van der Waals surface area contributed by atoms with Crippen LogP contribution in [0.15, 0.2) is 52.9 Å². The van der Waals surface area contributed by atoms with Crippen molar-refractivity contribution in [1.82, 2.24) is 9.88 Å². The molecule has 1 fully saturated rings. The number of nitrogens with zero attached hydrogens (tertiary/aromatic N) is 2. The van der Waals surface area contributed by atoms with Gasteiger partial charge in [-0.1, -0.05) is 18.2 Å². The smallest absolute Gasteiger partial charge is 0.254 e. The summed E-state index contributed by atoms with van der Waals surface area (Å²) in [6, 6.07) is 15.6. The Kier molecular flexibility index (Phi) is 3.81. The molecule has 0 radical (unpaired) electrons. The van der Waals surface area contributed by atoms with Crippen molar-refractivity contribution in [2.75, 3.05) is 6.54 Å². The van der Waals surface area contributed by atoms with E-state index in [1.807, 2.05) is 53.4 Å². The van der Waals surface area contributed by atoms with Crippen molar-refractivity contribution in [3.05, 3.63) is 54.1 Å². The molecule has 1 aromatic heterocycles. The molecule has 0 unspecified atom stereocenters. The number of aromatic nitrogens is 1. The minimum atomic E-state index is 0.0974. The monoisotopic (exact) mass is 320 g/mol. The molecule has 4 heteroatoms. The van der Waals surface area contributed by atoms with Gasteiger partial charge in [0, 0.05) is 23.7 Å². The van der Waals surface area contributed by atoms with Gasteiger partial charge in [-0.15, -0.1) is 0 Å². The SMILES string of the molecule is C[C@@H]1CCCCN1C(=O)c1cccc(-c2nc3ccccc3o2)c1. The third-order valence-corrected chi connectivity index (χ3v) is 4.71. The van der Waals surface area contributed by atoms with E-state index in [0.717, 1.165) is 36.0 Å². The Bertz CT molecular complexity index is 851. The average Bonchev–Trinajstić information content (AvgIpc) is 3.06. The molecule has 1 aliphatic rings. The van der Waals surface area contributed by atoms with E-state index in [2.05, 4.69) is 11.9 Å². The average molecular weight is 320 g/mol. The normalized spacial score (nSPS) is 18.0. The van der Waals surface area contributed by atoms with E-state index in [1.165, 1.54) is 6.42 Å². The fraction of sp³-hybridized carbons (Fsp3) is 0.300. The van der Waals surface area contributed by atoms with Gasteiger partial charge in [-0.2, -0.15) is 0 Å². The van der Waals surface area contributed by atoms with Crippen LogP contribution < -0.4 is 0 Å². The second-order valence-electron chi connectivity index (χ2n) is 6.41. The molecular formula is C20H20N2O2. The zero-order valence-corrected chi connectivity index (χ0v) is 13.7. The van der Waals surface area contributed by atoms with Gasteiger partial charge in [-0.3, -0.25) is 4.79 Å². The lowest BCUT2D eigenvalue weighted by atomic mass is 10.0. The number of carbonyl (C=O) groups excluding carboxylic acids is 1. The molecule has 24 heavy (non-hydrogen) atoms. The van der Waals surface area contributed by atoms with Crippen LogP contribution in [0, 0.1) is 0 Å². The van der Waals surface area contributed by atoms with Crippen LogP contribution in [0.1, 0.15) is 36.5 Å². The highest BCUT2D eigenvalue weighted by atomic mass is 16.3. The van der Waals surface area contributed by atoms with E-state index in [4.69, 9.17) is 4.42 Å². The Morgan fingerprint density at radius 2 is 2.04 bits per heavy atom. The van der Waals surface area contributed by atoms with Gasteiger partial charge >= 0.3 is 0 Å². The van der Waals surface area contributed by atoms with Gasteiger partial charge in [0.15, 0.2) is 5.58 Å². The van der Waals surface area contributed by atoms with E-state index in [-0.39, 0.29) is 5.91 Å². The molecule has 4 rings (SSSR count). The largest absolute Gasteiger partial charge is 0.436 e. The molecule has 4 nitrogen and oxygen atoms in total. The molecule has 0 bridgehead atoms. The van der Waals surface area contributed by atoms with E-state index >= 15 is 0 Å². The van der Waals surface area contributed by atoms with Crippen LogP contribution in [-0.4, -0.2) is 28.4 Å². The number of rotatable bonds is 2. The van der Waals surface area contributed by atoms with Crippen LogP contribution in [0.3, 0.4) is 0 Å². The number of hydrogen-bond donors (Lipinski definition) is 0. The van der Waals surface area contributed by atoms with Crippen molar-refractivity contribution in [3.8, 4) is 11.5 Å². The molecule has 0 saturated carbocycles. The Morgan fingerprint density at radius 1 is 1.17 bits per heavy atom. The summed E-state index contributed by atoms with van der Waals surface area (Å²) in [5, 5.41) is 0. The number of benzene rings is 2. The van der Waals surface area contributed by atoms with Crippen molar-refractivity contribution in [3.63, 3.8) is 0 Å². The summed E-state index contributed by atoms with van der Waals surface area (Å²) in [6.45, 7) is 2.97. The second kappa shape index (κ2) is 6.11. The molecule has 1 atom stereocenters. The number of likely N-dealkylation sites (tertiary alicyclic amines) is 1. The summed E-state index contributed by atoms with van der Waals surface area (Å²) in [7, 11) is 0. The molecule has 0 N–H and O–H groups in total. The number of amides is 1. The number of hydrogen-bond acceptors (Lipinski definition) is 3. The number of oxazole rings is 1. The number of piperidine rings is 1. The lowest BCUT2D eigenvalue weighted by molar-refractivity contribution is 0.0635. The minimum absolute atomic E-state index is 0.0974. The molecular weight excluding hydrogens is 300 g/mol. The first-order valence-electron chi connectivity index (χ1n) is 8.49. The third kappa shape index (κ3) is 2.68. The van der Waals surface area contributed by atoms with Crippen LogP contribution in [0.2, 0.25) is 0 Å². The highest BCUT2D eigenvalue weighted by molar-refractivity contribution is 5.95. The van der Waals surface area contributed by atoms with Gasteiger partial charge in [0.2, 0.25) is 5.89 Å². The second-order valence-corrected chi connectivity index (χ2v) is 6.41. The van der Waals surface area contributed by atoms with Gasteiger partial charge in [0.1, 0.15) is 5.52 Å². The summed E-state index contributed by atoms with van der Waals surface area (Å²) in [4.78, 5) is 19.3. The maximum absolute atomic E-state index is 12.8. The predicted octanol–water partition coefficient (Wildman–Crippen LogP) is 4.51. The maximum atomic E-state index is 12.8. The van der Waals surface area contributed by atoms with Crippen molar-refractivity contribution >= 4 is 17.0 Å². The summed E-state index contributed by atoms with van der Waals surface area (Å²) in [5.74, 6) is 0.651. The summed E-state index contributed by atoms with van der Waals surface area (Å²) in [6.07, 6.45) is 3.37. The summed E-state index contributed by atoms with van der Waals surface area (Å²) >= 11 is 0. The van der Waals surface area contributed by atoms with Gasteiger partial charge in [-0.05, 0) is 56.5 Å². The molecule has 2 heterocycles. The highest BCUT2D eigenvalue weighted by Gasteiger charge is 2.24. The van der Waals surface area contributed by atoms with E-state index in [1.54, 1.807) is 0 Å². The van der Waals surface area contributed by atoms with E-state index in [0.29, 0.717) is 17.5 Å². The van der Waals surface area contributed by atoms with Crippen molar-refractivity contribution < 1.29 is 9.21 Å². The van der Waals surface area contributed by atoms with E-state index < -0.39 is 0 Å². The van der Waals surface area contributed by atoms with Crippen LogP contribution in [-0.2, 0) is 0 Å². The number of para-hydroxylation sites is 2. The zero-order chi connectivity index (χ0) is 16.5. The topological polar surface area (TPSA) is 46.3 Å². The summed E-state index contributed by atoms with van der Waals surface area (Å²) in [5.41, 5.74) is 3.12. The van der Waals surface area contributed by atoms with Crippen LogP contribution in [0.5, 0.6) is 0 Å². The Balaban J connectivity index is 1.67. The fourth-order valence-electron chi connectivity index (χ4n) is 3.35. The lowest BCUT2D eigenvalue weighted by Crippen LogP contribution is -2.42. The highest BCUT2D eigenvalue weighted by Crippen LogP contribution is 2.26. The van der Waals surface area contributed by atoms with Crippen molar-refractivity contribution in [1.29, 1.82) is 0 Å². The lowest BCUT2D eigenvalue weighted by Gasteiger charge is -2.33. The van der Waals surface area contributed by atoms with Gasteiger partial charge in [-0.25, -0.2) is 4.98 Å². The maximum Gasteiger partial charge on any atom is 0.254 e. The van der Waals surface area contributed by atoms with Crippen molar-refractivity contribution in [2.24, 2.45) is 0 Å². The Hall–Kier alpha value is -2.62. The van der Waals surface area contributed by atoms with Crippen LogP contribution >= 0.6 is 0 Å². The van der Waals surface area contributed by atoms with Gasteiger partial charge in [0.05, 0.1) is 0 Å².